The Balaban J connectivity index is 1.49. The smallest absolute Gasteiger partial charge is 0.254 e. The Labute approximate surface area is 178 Å². The van der Waals surface area contributed by atoms with Gasteiger partial charge in [-0.25, -0.2) is 4.98 Å². The van der Waals surface area contributed by atoms with Crippen LogP contribution in [0.1, 0.15) is 36.1 Å². The van der Waals surface area contributed by atoms with Gasteiger partial charge in [0.1, 0.15) is 5.82 Å². The third-order valence-electron chi connectivity index (χ3n) is 5.29. The molecule has 7 nitrogen and oxygen atoms in total. The molecule has 1 aliphatic heterocycles. The number of nitrogens with one attached hydrogen (secondary N) is 2. The monoisotopic (exact) mass is 421 g/mol. The van der Waals surface area contributed by atoms with Crippen LogP contribution in [0.5, 0.6) is 0 Å². The van der Waals surface area contributed by atoms with Crippen molar-refractivity contribution in [3.8, 4) is 0 Å². The fourth-order valence-corrected chi connectivity index (χ4v) is 3.66. The Hall–Kier alpha value is -3.19. The van der Waals surface area contributed by atoms with Crippen LogP contribution in [-0.4, -0.2) is 32.5 Å². The highest BCUT2D eigenvalue weighted by atomic mass is 35.5. The number of rotatable bonds is 6. The molecule has 152 valence electrons. The number of fused-ring (bicyclic) bond motifs is 1. The van der Waals surface area contributed by atoms with E-state index in [0.717, 1.165) is 47.8 Å². The van der Waals surface area contributed by atoms with Crippen LogP contribution in [0.4, 0.5) is 5.82 Å². The second-order valence-electron chi connectivity index (χ2n) is 7.74. The van der Waals surface area contributed by atoms with E-state index >= 15 is 0 Å². The number of amides is 2. The summed E-state index contributed by atoms with van der Waals surface area (Å²) in [4.78, 5) is 28.3. The minimum atomic E-state index is -0.352. The maximum Gasteiger partial charge on any atom is 0.254 e. The Morgan fingerprint density at radius 1 is 1.20 bits per heavy atom. The average molecular weight is 422 g/mol. The number of aryl methyl sites for hydroxylation is 2. The molecule has 2 aliphatic rings. The first-order chi connectivity index (χ1) is 14.5. The van der Waals surface area contributed by atoms with Crippen LogP contribution < -0.4 is 10.6 Å². The third-order valence-corrected chi connectivity index (χ3v) is 5.54. The molecule has 0 spiro atoms. The maximum atomic E-state index is 11.9. The van der Waals surface area contributed by atoms with E-state index in [1.54, 1.807) is 16.8 Å². The van der Waals surface area contributed by atoms with Gasteiger partial charge in [-0.3, -0.25) is 14.9 Å². The second kappa shape index (κ2) is 7.57. The van der Waals surface area contributed by atoms with Crippen molar-refractivity contribution in [1.82, 2.24) is 19.9 Å². The van der Waals surface area contributed by atoms with Crippen LogP contribution in [0.25, 0.3) is 11.7 Å². The van der Waals surface area contributed by atoms with E-state index in [-0.39, 0.29) is 18.2 Å². The Morgan fingerprint density at radius 3 is 2.70 bits per heavy atom. The van der Waals surface area contributed by atoms with Crippen molar-refractivity contribution in [1.29, 1.82) is 0 Å². The van der Waals surface area contributed by atoms with E-state index in [9.17, 15) is 9.59 Å². The number of carbonyl (C=O) groups is 2. The lowest BCUT2D eigenvalue weighted by Crippen LogP contribution is -2.19. The highest BCUT2D eigenvalue weighted by molar-refractivity contribution is 6.30. The van der Waals surface area contributed by atoms with Crippen LogP contribution in [0.15, 0.2) is 42.1 Å². The predicted octanol–water partition coefficient (Wildman–Crippen LogP) is 3.17. The number of carbonyl (C=O) groups excluding carboxylic acids is 2. The molecule has 2 aromatic heterocycles. The van der Waals surface area contributed by atoms with E-state index in [1.165, 1.54) is 5.56 Å². The lowest BCUT2D eigenvalue weighted by molar-refractivity contribution is -0.124. The van der Waals surface area contributed by atoms with Gasteiger partial charge in [-0.05, 0) is 49.5 Å². The number of imide groups is 1. The van der Waals surface area contributed by atoms with E-state index in [2.05, 4.69) is 15.7 Å². The van der Waals surface area contributed by atoms with Crippen molar-refractivity contribution in [2.75, 3.05) is 5.32 Å². The SMILES string of the molecule is O=C1C/C(=C\c2cnn3c(NC4CC4)cc(CCc4ccc(Cl)cc4)nc23)C(=O)N1. The van der Waals surface area contributed by atoms with Gasteiger partial charge >= 0.3 is 0 Å². The van der Waals surface area contributed by atoms with E-state index in [1.807, 2.05) is 30.3 Å². The summed E-state index contributed by atoms with van der Waals surface area (Å²) in [5.41, 5.74) is 3.95. The fraction of sp³-hybridized carbons (Fsp3) is 0.273. The number of aromatic nitrogens is 3. The van der Waals surface area contributed by atoms with Crippen molar-refractivity contribution in [2.45, 2.75) is 38.1 Å². The van der Waals surface area contributed by atoms with Gasteiger partial charge in [0.05, 0.1) is 12.6 Å². The van der Waals surface area contributed by atoms with Gasteiger partial charge in [-0.2, -0.15) is 9.61 Å². The molecule has 3 aromatic rings. The molecule has 5 rings (SSSR count). The number of anilines is 1. The van der Waals surface area contributed by atoms with Crippen molar-refractivity contribution < 1.29 is 9.59 Å². The molecular formula is C22H20ClN5O2. The summed E-state index contributed by atoms with van der Waals surface area (Å²) in [5, 5.41) is 11.0. The summed E-state index contributed by atoms with van der Waals surface area (Å²) in [5.74, 6) is 0.259. The molecular weight excluding hydrogens is 402 g/mol. The quantitative estimate of drug-likeness (QED) is 0.471. The molecule has 2 fully saturated rings. The van der Waals surface area contributed by atoms with Gasteiger partial charge in [-0.1, -0.05) is 23.7 Å². The molecule has 0 radical (unpaired) electrons. The number of nitrogens with zero attached hydrogens (tertiary/aromatic N) is 3. The highest BCUT2D eigenvalue weighted by Gasteiger charge is 2.25. The topological polar surface area (TPSA) is 88.4 Å². The van der Waals surface area contributed by atoms with Gasteiger partial charge in [0.2, 0.25) is 5.91 Å². The molecule has 1 aromatic carbocycles. The van der Waals surface area contributed by atoms with Crippen LogP contribution in [0, 0.1) is 0 Å². The van der Waals surface area contributed by atoms with E-state index < -0.39 is 0 Å². The Morgan fingerprint density at radius 2 is 2.00 bits per heavy atom. The zero-order chi connectivity index (χ0) is 20.7. The number of halogens is 1. The molecule has 0 atom stereocenters. The average Bonchev–Trinajstić information content (AvgIpc) is 3.36. The van der Waals surface area contributed by atoms with Gasteiger partial charge in [0.15, 0.2) is 5.65 Å². The zero-order valence-corrected chi connectivity index (χ0v) is 16.9. The molecule has 30 heavy (non-hydrogen) atoms. The van der Waals surface area contributed by atoms with E-state index in [0.29, 0.717) is 17.3 Å². The van der Waals surface area contributed by atoms with Crippen molar-refractivity contribution in [3.05, 3.63) is 63.9 Å². The molecule has 1 saturated heterocycles. The molecule has 8 heteroatoms. The standard InChI is InChI=1S/C22H20ClN5O2/c23-16-4-1-13(2-5-16)3-6-18-11-19(25-17-7-8-17)28-21(26-18)15(12-24-28)9-14-10-20(29)27-22(14)30/h1-2,4-5,9,11-12,17,25H,3,6-8,10H2,(H,27,29,30)/b14-9+. The first-order valence-corrected chi connectivity index (χ1v) is 10.4. The summed E-state index contributed by atoms with van der Waals surface area (Å²) in [7, 11) is 0. The molecule has 1 saturated carbocycles. The highest BCUT2D eigenvalue weighted by Crippen LogP contribution is 2.27. The number of hydrogen-bond acceptors (Lipinski definition) is 5. The first-order valence-electron chi connectivity index (χ1n) is 9.98. The van der Waals surface area contributed by atoms with Gasteiger partial charge < -0.3 is 5.32 Å². The largest absolute Gasteiger partial charge is 0.367 e. The molecule has 2 N–H and O–H groups in total. The van der Waals surface area contributed by atoms with Crippen molar-refractivity contribution in [2.24, 2.45) is 0 Å². The molecule has 3 heterocycles. The minimum absolute atomic E-state index is 0.0829. The normalized spacial score (nSPS) is 17.7. The number of benzene rings is 1. The number of hydrogen-bond donors (Lipinski definition) is 2. The predicted molar refractivity (Wildman–Crippen MR) is 114 cm³/mol. The summed E-state index contributed by atoms with van der Waals surface area (Å²) in [6.45, 7) is 0. The van der Waals surface area contributed by atoms with Gasteiger partial charge in [0.25, 0.3) is 5.91 Å². The zero-order valence-electron chi connectivity index (χ0n) is 16.2. The summed E-state index contributed by atoms with van der Waals surface area (Å²) in [6.07, 6.45) is 7.36. The van der Waals surface area contributed by atoms with Crippen molar-refractivity contribution >= 4 is 41.0 Å². The lowest BCUT2D eigenvalue weighted by atomic mass is 10.1. The Bertz CT molecular complexity index is 1180. The van der Waals surface area contributed by atoms with Crippen LogP contribution >= 0.6 is 11.6 Å². The fourth-order valence-electron chi connectivity index (χ4n) is 3.53. The minimum Gasteiger partial charge on any atom is -0.367 e. The second-order valence-corrected chi connectivity index (χ2v) is 8.17. The van der Waals surface area contributed by atoms with Crippen molar-refractivity contribution in [3.63, 3.8) is 0 Å². The summed E-state index contributed by atoms with van der Waals surface area (Å²) in [6, 6.07) is 10.3. The lowest BCUT2D eigenvalue weighted by Gasteiger charge is -2.10. The summed E-state index contributed by atoms with van der Waals surface area (Å²) < 4.78 is 1.77. The molecule has 0 bridgehead atoms. The van der Waals surface area contributed by atoms with Crippen LogP contribution in [0.3, 0.4) is 0 Å². The van der Waals surface area contributed by atoms with Crippen LogP contribution in [-0.2, 0) is 22.4 Å². The van der Waals surface area contributed by atoms with Gasteiger partial charge in [-0.15, -0.1) is 0 Å². The van der Waals surface area contributed by atoms with E-state index in [4.69, 9.17) is 16.6 Å². The molecule has 2 amide bonds. The maximum absolute atomic E-state index is 11.9. The third kappa shape index (κ3) is 3.93. The van der Waals surface area contributed by atoms with Gasteiger partial charge in [0, 0.05) is 34.0 Å². The molecule has 0 unspecified atom stereocenters. The summed E-state index contributed by atoms with van der Waals surface area (Å²) >= 11 is 5.98. The van der Waals surface area contributed by atoms with Crippen LogP contribution in [0.2, 0.25) is 5.02 Å². The first kappa shape index (κ1) is 18.8. The Kier molecular flexibility index (Phi) is 4.75. The molecule has 1 aliphatic carbocycles.